The van der Waals surface area contributed by atoms with Gasteiger partial charge in [0, 0.05) is 5.41 Å². The Hall–Kier alpha value is -0.600. The van der Waals surface area contributed by atoms with Gasteiger partial charge in [-0.05, 0) is 62.4 Å². The zero-order valence-corrected chi connectivity index (χ0v) is 14.9. The monoisotopic (exact) mass is 306 g/mol. The van der Waals surface area contributed by atoms with E-state index in [-0.39, 0.29) is 10.8 Å². The molecule has 0 amide bonds. The lowest BCUT2D eigenvalue weighted by Gasteiger charge is -2.61. The van der Waals surface area contributed by atoms with E-state index < -0.39 is 11.2 Å². The van der Waals surface area contributed by atoms with Crippen molar-refractivity contribution in [2.24, 2.45) is 16.7 Å². The van der Waals surface area contributed by atoms with Crippen LogP contribution >= 0.6 is 0 Å². The molecule has 0 heterocycles. The zero-order valence-electron chi connectivity index (χ0n) is 14.9. The molecule has 2 aliphatic carbocycles. The minimum absolute atomic E-state index is 0.138. The number of rotatable bonds is 4. The van der Waals surface area contributed by atoms with Crippen LogP contribution in [0, 0.1) is 16.7 Å². The Labute approximate surface area is 136 Å². The second kappa shape index (κ2) is 5.49. The van der Waals surface area contributed by atoms with Crippen molar-refractivity contribution in [3.63, 3.8) is 0 Å². The Morgan fingerprint density at radius 1 is 1.32 bits per heavy atom. The fraction of sp³-hybridized carbons (Fsp3) is 0.800. The van der Waals surface area contributed by atoms with Crippen molar-refractivity contribution in [1.82, 2.24) is 0 Å². The molecule has 2 nitrogen and oxygen atoms in total. The molecular formula is C20H34O2. The zero-order chi connectivity index (χ0) is 16.8. The highest BCUT2D eigenvalue weighted by Crippen LogP contribution is 2.63. The van der Waals surface area contributed by atoms with Gasteiger partial charge in [-0.25, -0.2) is 0 Å². The fourth-order valence-corrected chi connectivity index (χ4v) is 5.25. The average Bonchev–Trinajstić information content (AvgIpc) is 2.42. The first-order valence-electron chi connectivity index (χ1n) is 8.75. The van der Waals surface area contributed by atoms with Crippen molar-refractivity contribution >= 4 is 0 Å². The Morgan fingerprint density at radius 3 is 2.55 bits per heavy atom. The van der Waals surface area contributed by atoms with Gasteiger partial charge < -0.3 is 10.2 Å². The molecule has 0 aliphatic heterocycles. The summed E-state index contributed by atoms with van der Waals surface area (Å²) in [6.07, 6.45) is 8.13. The van der Waals surface area contributed by atoms with E-state index in [2.05, 4.69) is 33.9 Å². The van der Waals surface area contributed by atoms with Gasteiger partial charge in [0.1, 0.15) is 0 Å². The minimum atomic E-state index is -0.927. The van der Waals surface area contributed by atoms with Gasteiger partial charge in [-0.15, -0.1) is 6.58 Å². The van der Waals surface area contributed by atoms with Crippen LogP contribution < -0.4 is 0 Å². The average molecular weight is 306 g/mol. The van der Waals surface area contributed by atoms with E-state index in [0.29, 0.717) is 18.8 Å². The van der Waals surface area contributed by atoms with Crippen LogP contribution in [-0.2, 0) is 0 Å². The smallest absolute Gasteiger partial charge is 0.0911 e. The van der Waals surface area contributed by atoms with Gasteiger partial charge in [-0.2, -0.15) is 0 Å². The van der Waals surface area contributed by atoms with Crippen molar-refractivity contribution in [3.05, 3.63) is 24.8 Å². The third kappa shape index (κ3) is 2.69. The lowest BCUT2D eigenvalue weighted by Crippen LogP contribution is -2.60. The van der Waals surface area contributed by atoms with E-state index >= 15 is 0 Å². The number of fused-ring (bicyclic) bond motifs is 1. The summed E-state index contributed by atoms with van der Waals surface area (Å²) in [6.45, 7) is 16.6. The molecule has 4 atom stereocenters. The summed E-state index contributed by atoms with van der Waals surface area (Å²) in [5.74, 6) is 0.512. The predicted molar refractivity (Wildman–Crippen MR) is 92.6 cm³/mol. The normalized spacial score (nSPS) is 40.6. The van der Waals surface area contributed by atoms with E-state index in [0.717, 1.165) is 31.3 Å². The van der Waals surface area contributed by atoms with Gasteiger partial charge in [0.2, 0.25) is 0 Å². The molecular weight excluding hydrogens is 272 g/mol. The van der Waals surface area contributed by atoms with Crippen LogP contribution in [0.5, 0.6) is 0 Å². The second-order valence-corrected chi connectivity index (χ2v) is 8.88. The molecule has 0 spiro atoms. The summed E-state index contributed by atoms with van der Waals surface area (Å²) in [4.78, 5) is 0. The number of hydrogen-bond donors (Lipinski definition) is 2. The first-order valence-corrected chi connectivity index (χ1v) is 8.75. The summed E-state index contributed by atoms with van der Waals surface area (Å²) < 4.78 is 0. The molecule has 0 saturated heterocycles. The second-order valence-electron chi connectivity index (χ2n) is 8.88. The molecule has 0 aromatic rings. The van der Waals surface area contributed by atoms with Crippen molar-refractivity contribution in [2.45, 2.75) is 83.8 Å². The Morgan fingerprint density at radius 2 is 1.95 bits per heavy atom. The topological polar surface area (TPSA) is 40.5 Å². The minimum Gasteiger partial charge on any atom is -0.386 e. The molecule has 2 fully saturated rings. The Bertz CT molecular complexity index is 462. The maximum atomic E-state index is 11.6. The predicted octanol–water partition coefficient (Wildman–Crippen LogP) is 4.62. The highest BCUT2D eigenvalue weighted by molar-refractivity contribution is 5.25. The van der Waals surface area contributed by atoms with Gasteiger partial charge >= 0.3 is 0 Å². The molecule has 0 radical (unpaired) electrons. The van der Waals surface area contributed by atoms with Crippen LogP contribution in [0.3, 0.4) is 0 Å². The first-order chi connectivity index (χ1) is 9.98. The lowest BCUT2D eigenvalue weighted by molar-refractivity contribution is -0.161. The molecule has 2 heteroatoms. The van der Waals surface area contributed by atoms with Gasteiger partial charge in [0.15, 0.2) is 0 Å². The molecule has 4 unspecified atom stereocenters. The van der Waals surface area contributed by atoms with Crippen molar-refractivity contribution < 1.29 is 10.2 Å². The fourth-order valence-electron chi connectivity index (χ4n) is 5.25. The standard InChI is InChI=1S/C20H34O2/c1-7-18(5,21)13-14-20(22)15(2)9-10-16-17(3,4)11-8-12-19(16,20)6/h7,16,21-22H,1-2,8-14H2,3-6H3. The van der Waals surface area contributed by atoms with Gasteiger partial charge in [0.25, 0.3) is 0 Å². The van der Waals surface area contributed by atoms with Crippen LogP contribution in [0.1, 0.15) is 72.6 Å². The summed E-state index contributed by atoms with van der Waals surface area (Å²) in [7, 11) is 0. The molecule has 2 rings (SSSR count). The molecule has 2 aliphatic rings. The molecule has 2 saturated carbocycles. The van der Waals surface area contributed by atoms with Gasteiger partial charge in [-0.3, -0.25) is 0 Å². The summed E-state index contributed by atoms with van der Waals surface area (Å²) in [6, 6.07) is 0. The maximum Gasteiger partial charge on any atom is 0.0911 e. The molecule has 0 aromatic carbocycles. The Kier molecular flexibility index (Phi) is 4.43. The van der Waals surface area contributed by atoms with Crippen molar-refractivity contribution in [2.75, 3.05) is 0 Å². The highest BCUT2D eigenvalue weighted by atomic mass is 16.3. The molecule has 22 heavy (non-hydrogen) atoms. The number of aliphatic hydroxyl groups is 2. The van der Waals surface area contributed by atoms with Crippen molar-refractivity contribution in [3.8, 4) is 0 Å². The maximum absolute atomic E-state index is 11.6. The van der Waals surface area contributed by atoms with Crippen LogP contribution in [0.4, 0.5) is 0 Å². The van der Waals surface area contributed by atoms with Gasteiger partial charge in [-0.1, -0.05) is 39.8 Å². The summed E-state index contributed by atoms with van der Waals surface area (Å²) in [5.41, 5.74) is -0.711. The molecule has 2 N–H and O–H groups in total. The van der Waals surface area contributed by atoms with Gasteiger partial charge in [0.05, 0.1) is 11.2 Å². The lowest BCUT2D eigenvalue weighted by atomic mass is 9.45. The van der Waals surface area contributed by atoms with E-state index in [4.69, 9.17) is 0 Å². The van der Waals surface area contributed by atoms with E-state index in [9.17, 15) is 10.2 Å². The summed E-state index contributed by atoms with van der Waals surface area (Å²) >= 11 is 0. The van der Waals surface area contributed by atoms with Crippen LogP contribution in [-0.4, -0.2) is 21.4 Å². The largest absolute Gasteiger partial charge is 0.386 e. The van der Waals surface area contributed by atoms with E-state index in [1.54, 1.807) is 13.0 Å². The third-order valence-electron chi connectivity index (χ3n) is 6.93. The molecule has 0 bridgehead atoms. The van der Waals surface area contributed by atoms with Crippen LogP contribution in [0.25, 0.3) is 0 Å². The highest BCUT2D eigenvalue weighted by Gasteiger charge is 2.60. The Balaban J connectivity index is 2.34. The van der Waals surface area contributed by atoms with Crippen LogP contribution in [0.15, 0.2) is 24.8 Å². The number of hydrogen-bond acceptors (Lipinski definition) is 2. The summed E-state index contributed by atoms with van der Waals surface area (Å²) in [5, 5.41) is 21.9. The SMILES string of the molecule is C=CC(C)(O)CCC1(O)C(=C)CCC2C(C)(C)CCCC21C. The quantitative estimate of drug-likeness (QED) is 0.744. The van der Waals surface area contributed by atoms with E-state index in [1.807, 2.05) is 0 Å². The van der Waals surface area contributed by atoms with Crippen molar-refractivity contribution in [1.29, 1.82) is 0 Å². The third-order valence-corrected chi connectivity index (χ3v) is 6.93. The molecule has 0 aromatic heterocycles. The molecule has 126 valence electrons. The van der Waals surface area contributed by atoms with Crippen LogP contribution in [0.2, 0.25) is 0 Å². The first kappa shape index (κ1) is 17.7. The van der Waals surface area contributed by atoms with E-state index in [1.165, 1.54) is 6.42 Å².